The Morgan fingerprint density at radius 3 is 2.62 bits per heavy atom. The lowest BCUT2D eigenvalue weighted by molar-refractivity contribution is -0.387. The summed E-state index contributed by atoms with van der Waals surface area (Å²) in [7, 11) is 1.26. The number of ether oxygens (including phenoxy) is 1. The summed E-state index contributed by atoms with van der Waals surface area (Å²) in [6.45, 7) is 0.375. The normalized spacial score (nSPS) is 15.5. The molecule has 0 N–H and O–H groups in total. The average Bonchev–Trinajstić information content (AvgIpc) is 3.18. The number of nitro groups is 1. The van der Waals surface area contributed by atoms with Crippen LogP contribution in [0, 0.1) is 21.8 Å². The van der Waals surface area contributed by atoms with Gasteiger partial charge in [0.15, 0.2) is 0 Å². The molecule has 0 saturated carbocycles. The number of nitro benzene ring substituents is 1. The van der Waals surface area contributed by atoms with E-state index in [2.05, 4.69) is 4.74 Å². The van der Waals surface area contributed by atoms with Gasteiger partial charge in [-0.3, -0.25) is 24.5 Å². The molecule has 1 aliphatic rings. The fourth-order valence-electron chi connectivity index (χ4n) is 3.59. The van der Waals surface area contributed by atoms with Crippen LogP contribution in [0.3, 0.4) is 0 Å². The second-order valence-corrected chi connectivity index (χ2v) is 7.37. The van der Waals surface area contributed by atoms with Crippen molar-refractivity contribution >= 4 is 29.2 Å². The fourth-order valence-corrected chi connectivity index (χ4v) is 3.59. The molecule has 0 aliphatic carbocycles. The van der Waals surface area contributed by atoms with Gasteiger partial charge in [0, 0.05) is 32.1 Å². The Morgan fingerprint density at radius 2 is 1.97 bits per heavy atom. The Labute approximate surface area is 183 Å². The standard InChI is InChI=1S/C22H22FN3O6/c1-32-21(28)9-10-24(13-15-5-3-2-4-6-15)22(29)16-11-20(27)25(14-16)17-7-8-18(23)19(12-17)26(30)31/h2-8,12,16H,9-11,13-14H2,1H3. The molecule has 9 nitrogen and oxygen atoms in total. The van der Waals surface area contributed by atoms with Crippen molar-refractivity contribution in [3.05, 3.63) is 70.0 Å². The maximum absolute atomic E-state index is 13.7. The number of nitrogens with zero attached hydrogens (tertiary/aromatic N) is 3. The molecule has 1 heterocycles. The van der Waals surface area contributed by atoms with Crippen LogP contribution in [0.4, 0.5) is 15.8 Å². The first-order chi connectivity index (χ1) is 15.3. The van der Waals surface area contributed by atoms with E-state index in [1.165, 1.54) is 23.0 Å². The molecule has 10 heteroatoms. The Hall–Kier alpha value is -3.82. The topological polar surface area (TPSA) is 110 Å². The molecule has 2 aromatic carbocycles. The molecule has 0 aromatic heterocycles. The van der Waals surface area contributed by atoms with Crippen molar-refractivity contribution in [3.8, 4) is 0 Å². The van der Waals surface area contributed by atoms with Gasteiger partial charge in [-0.1, -0.05) is 30.3 Å². The highest BCUT2D eigenvalue weighted by Gasteiger charge is 2.38. The van der Waals surface area contributed by atoms with Gasteiger partial charge in [0.05, 0.1) is 30.1 Å². The third-order valence-electron chi connectivity index (χ3n) is 5.25. The van der Waals surface area contributed by atoms with Gasteiger partial charge in [-0.2, -0.15) is 4.39 Å². The number of esters is 1. The highest BCUT2D eigenvalue weighted by Crippen LogP contribution is 2.30. The maximum Gasteiger partial charge on any atom is 0.307 e. The number of hydrogen-bond acceptors (Lipinski definition) is 6. The molecule has 0 spiro atoms. The van der Waals surface area contributed by atoms with Crippen molar-refractivity contribution in [2.24, 2.45) is 5.92 Å². The molecule has 2 amide bonds. The SMILES string of the molecule is COC(=O)CCN(Cc1ccccc1)C(=O)C1CC(=O)N(c2ccc(F)c([N+](=O)[O-])c2)C1. The molecular formula is C22H22FN3O6. The van der Waals surface area contributed by atoms with Crippen molar-refractivity contribution in [3.63, 3.8) is 0 Å². The molecule has 168 valence electrons. The van der Waals surface area contributed by atoms with Gasteiger partial charge in [0.2, 0.25) is 17.6 Å². The van der Waals surface area contributed by atoms with Crippen molar-refractivity contribution in [1.29, 1.82) is 0 Å². The zero-order valence-electron chi connectivity index (χ0n) is 17.4. The lowest BCUT2D eigenvalue weighted by Gasteiger charge is -2.25. The van der Waals surface area contributed by atoms with E-state index < -0.39 is 34.2 Å². The molecular weight excluding hydrogens is 421 g/mol. The monoisotopic (exact) mass is 443 g/mol. The van der Waals surface area contributed by atoms with Crippen LogP contribution in [0.2, 0.25) is 0 Å². The molecule has 2 aromatic rings. The van der Waals surface area contributed by atoms with Crippen LogP contribution in [-0.4, -0.2) is 47.8 Å². The number of halogens is 1. The Kier molecular flexibility index (Phi) is 7.14. The fraction of sp³-hybridized carbons (Fsp3) is 0.318. The average molecular weight is 443 g/mol. The molecule has 32 heavy (non-hydrogen) atoms. The van der Waals surface area contributed by atoms with Gasteiger partial charge >= 0.3 is 11.7 Å². The first-order valence-electron chi connectivity index (χ1n) is 9.94. The van der Waals surface area contributed by atoms with Crippen LogP contribution < -0.4 is 4.90 Å². The molecule has 0 bridgehead atoms. The highest BCUT2D eigenvalue weighted by atomic mass is 19.1. The van der Waals surface area contributed by atoms with E-state index in [1.54, 1.807) is 0 Å². The molecule has 1 saturated heterocycles. The first kappa shape index (κ1) is 22.9. The smallest absolute Gasteiger partial charge is 0.307 e. The third-order valence-corrected chi connectivity index (χ3v) is 5.25. The quantitative estimate of drug-likeness (QED) is 0.352. The van der Waals surface area contributed by atoms with E-state index in [1.807, 2.05) is 30.3 Å². The molecule has 1 unspecified atom stereocenters. The van der Waals surface area contributed by atoms with Gasteiger partial charge in [-0.15, -0.1) is 0 Å². The minimum atomic E-state index is -1.00. The molecule has 0 radical (unpaired) electrons. The summed E-state index contributed by atoms with van der Waals surface area (Å²) in [4.78, 5) is 50.3. The van der Waals surface area contributed by atoms with E-state index >= 15 is 0 Å². The van der Waals surface area contributed by atoms with E-state index in [0.29, 0.717) is 0 Å². The third kappa shape index (κ3) is 5.26. The van der Waals surface area contributed by atoms with Crippen LogP contribution in [0.15, 0.2) is 48.5 Å². The second-order valence-electron chi connectivity index (χ2n) is 7.37. The van der Waals surface area contributed by atoms with Gasteiger partial charge in [-0.05, 0) is 17.7 Å². The molecule has 1 aliphatic heterocycles. The molecule has 3 rings (SSSR count). The summed E-state index contributed by atoms with van der Waals surface area (Å²) < 4.78 is 18.3. The second kappa shape index (κ2) is 9.99. The number of carbonyl (C=O) groups excluding carboxylic acids is 3. The maximum atomic E-state index is 13.7. The Bertz CT molecular complexity index is 1030. The summed E-state index contributed by atoms with van der Waals surface area (Å²) in [5.41, 5.74) is 0.275. The summed E-state index contributed by atoms with van der Waals surface area (Å²) in [5, 5.41) is 11.0. The predicted octanol–water partition coefficient (Wildman–Crippen LogP) is 2.68. The van der Waals surface area contributed by atoms with Crippen molar-refractivity contribution < 1.29 is 28.4 Å². The Morgan fingerprint density at radius 1 is 1.25 bits per heavy atom. The first-order valence-corrected chi connectivity index (χ1v) is 9.94. The number of amides is 2. The number of carbonyl (C=O) groups is 3. The lowest BCUT2D eigenvalue weighted by atomic mass is 10.1. The van der Waals surface area contributed by atoms with Crippen LogP contribution in [-0.2, 0) is 25.7 Å². The number of rotatable bonds is 8. The van der Waals surface area contributed by atoms with Gasteiger partial charge in [0.25, 0.3) is 0 Å². The largest absolute Gasteiger partial charge is 0.469 e. The van der Waals surface area contributed by atoms with Gasteiger partial charge in [-0.25, -0.2) is 0 Å². The van der Waals surface area contributed by atoms with Crippen molar-refractivity contribution in [2.45, 2.75) is 19.4 Å². The zero-order valence-corrected chi connectivity index (χ0v) is 17.4. The van der Waals surface area contributed by atoms with Crippen LogP contribution in [0.25, 0.3) is 0 Å². The minimum absolute atomic E-state index is 0.00358. The number of anilines is 1. The van der Waals surface area contributed by atoms with E-state index in [0.717, 1.165) is 17.7 Å². The van der Waals surface area contributed by atoms with E-state index in [4.69, 9.17) is 0 Å². The van der Waals surface area contributed by atoms with Crippen LogP contribution >= 0.6 is 0 Å². The zero-order chi connectivity index (χ0) is 23.3. The summed E-state index contributed by atoms with van der Waals surface area (Å²) in [6.07, 6.45) is -0.0862. The van der Waals surface area contributed by atoms with Crippen molar-refractivity contribution in [2.75, 3.05) is 25.1 Å². The van der Waals surface area contributed by atoms with Crippen molar-refractivity contribution in [1.82, 2.24) is 4.90 Å². The van der Waals surface area contributed by atoms with Gasteiger partial charge < -0.3 is 14.5 Å². The van der Waals surface area contributed by atoms with E-state index in [-0.39, 0.29) is 44.1 Å². The molecule has 1 fully saturated rings. The number of hydrogen-bond donors (Lipinski definition) is 0. The summed E-state index contributed by atoms with van der Waals surface area (Å²) >= 11 is 0. The number of methoxy groups -OCH3 is 1. The lowest BCUT2D eigenvalue weighted by Crippen LogP contribution is -2.38. The number of benzene rings is 2. The Balaban J connectivity index is 1.78. The predicted molar refractivity (Wildman–Crippen MR) is 112 cm³/mol. The van der Waals surface area contributed by atoms with Gasteiger partial charge in [0.1, 0.15) is 0 Å². The van der Waals surface area contributed by atoms with Crippen LogP contribution in [0.5, 0.6) is 0 Å². The summed E-state index contributed by atoms with van der Waals surface area (Å²) in [6, 6.07) is 12.4. The van der Waals surface area contributed by atoms with Crippen LogP contribution in [0.1, 0.15) is 18.4 Å². The summed E-state index contributed by atoms with van der Waals surface area (Å²) in [5.74, 6) is -2.87. The van der Waals surface area contributed by atoms with E-state index in [9.17, 15) is 28.9 Å². The minimum Gasteiger partial charge on any atom is -0.469 e. The highest BCUT2D eigenvalue weighted by molar-refractivity contribution is 6.00. The molecule has 1 atom stereocenters.